The van der Waals surface area contributed by atoms with Crippen molar-refractivity contribution >= 4 is 21.8 Å². The summed E-state index contributed by atoms with van der Waals surface area (Å²) in [5.41, 5.74) is 5.64. The van der Waals surface area contributed by atoms with Gasteiger partial charge in [0.15, 0.2) is 0 Å². The Kier molecular flexibility index (Phi) is 4.83. The van der Waals surface area contributed by atoms with E-state index in [1.54, 1.807) is 11.8 Å². The molecule has 2 N–H and O–H groups in total. The number of halogens is 1. The zero-order chi connectivity index (χ0) is 13.9. The van der Waals surface area contributed by atoms with Gasteiger partial charge in [-0.2, -0.15) is 16.1 Å². The molecule has 0 aromatic heterocycles. The van der Waals surface area contributed by atoms with E-state index >= 15 is 0 Å². The SMILES string of the molecule is NCc1cc(S(=O)(=O)N2CCCSCC2)ccc1F. The van der Waals surface area contributed by atoms with Gasteiger partial charge < -0.3 is 5.73 Å². The fraction of sp³-hybridized carbons (Fsp3) is 0.500. The van der Waals surface area contributed by atoms with Gasteiger partial charge in [0.25, 0.3) is 0 Å². The maximum Gasteiger partial charge on any atom is 0.243 e. The Balaban J connectivity index is 2.32. The molecule has 4 nitrogen and oxygen atoms in total. The molecule has 0 amide bonds. The lowest BCUT2D eigenvalue weighted by atomic mass is 10.2. The molecule has 0 aliphatic carbocycles. The molecule has 0 saturated carbocycles. The van der Waals surface area contributed by atoms with Gasteiger partial charge in [0, 0.05) is 31.0 Å². The summed E-state index contributed by atoms with van der Waals surface area (Å²) in [6, 6.07) is 3.81. The summed E-state index contributed by atoms with van der Waals surface area (Å²) in [5.74, 6) is 1.31. The Hall–Kier alpha value is -0.630. The third-order valence-corrected chi connectivity index (χ3v) is 6.00. The predicted octanol–water partition coefficient (Wildman–Crippen LogP) is 1.41. The maximum atomic E-state index is 13.4. The Morgan fingerprint density at radius 1 is 1.32 bits per heavy atom. The second kappa shape index (κ2) is 6.21. The molecular weight excluding hydrogens is 287 g/mol. The molecule has 1 aromatic rings. The first-order valence-electron chi connectivity index (χ1n) is 6.12. The number of benzene rings is 1. The minimum Gasteiger partial charge on any atom is -0.326 e. The number of rotatable bonds is 3. The molecule has 1 fully saturated rings. The van der Waals surface area contributed by atoms with E-state index in [-0.39, 0.29) is 17.0 Å². The Morgan fingerprint density at radius 2 is 2.11 bits per heavy atom. The van der Waals surface area contributed by atoms with Crippen molar-refractivity contribution in [2.24, 2.45) is 5.73 Å². The lowest BCUT2D eigenvalue weighted by Crippen LogP contribution is -2.33. The van der Waals surface area contributed by atoms with E-state index in [9.17, 15) is 12.8 Å². The highest BCUT2D eigenvalue weighted by Crippen LogP contribution is 2.21. The van der Waals surface area contributed by atoms with Crippen LogP contribution in [0.5, 0.6) is 0 Å². The third kappa shape index (κ3) is 3.28. The van der Waals surface area contributed by atoms with Crippen LogP contribution in [0.1, 0.15) is 12.0 Å². The lowest BCUT2D eigenvalue weighted by Gasteiger charge is -2.20. The molecule has 0 radical (unpaired) electrons. The predicted molar refractivity (Wildman–Crippen MR) is 75.0 cm³/mol. The van der Waals surface area contributed by atoms with Crippen LogP contribution >= 0.6 is 11.8 Å². The molecule has 0 unspecified atom stereocenters. The highest BCUT2D eigenvalue weighted by atomic mass is 32.2. The third-order valence-electron chi connectivity index (χ3n) is 3.06. The van der Waals surface area contributed by atoms with E-state index in [0.29, 0.717) is 13.1 Å². The van der Waals surface area contributed by atoms with Crippen molar-refractivity contribution in [2.75, 3.05) is 24.6 Å². The summed E-state index contributed by atoms with van der Waals surface area (Å²) in [6.45, 7) is 1.01. The van der Waals surface area contributed by atoms with Crippen LogP contribution in [0.2, 0.25) is 0 Å². The monoisotopic (exact) mass is 304 g/mol. The quantitative estimate of drug-likeness (QED) is 0.917. The maximum absolute atomic E-state index is 13.4. The second-order valence-electron chi connectivity index (χ2n) is 4.33. The van der Waals surface area contributed by atoms with Crippen LogP contribution in [0.4, 0.5) is 4.39 Å². The molecule has 19 heavy (non-hydrogen) atoms. The number of sulfonamides is 1. The molecule has 0 bridgehead atoms. The van der Waals surface area contributed by atoms with E-state index in [0.717, 1.165) is 17.9 Å². The molecule has 1 saturated heterocycles. The standard InChI is InChI=1S/C12H17FN2O2S2/c13-12-3-2-11(8-10(12)9-14)19(16,17)15-4-1-6-18-7-5-15/h2-3,8H,1,4-7,9,14H2. The minimum atomic E-state index is -3.54. The van der Waals surface area contributed by atoms with Crippen molar-refractivity contribution in [3.63, 3.8) is 0 Å². The number of hydrogen-bond donors (Lipinski definition) is 1. The number of hydrogen-bond acceptors (Lipinski definition) is 4. The van der Waals surface area contributed by atoms with Crippen LogP contribution in [-0.4, -0.2) is 37.3 Å². The van der Waals surface area contributed by atoms with Crippen molar-refractivity contribution in [1.29, 1.82) is 0 Å². The van der Waals surface area contributed by atoms with Gasteiger partial charge in [0.2, 0.25) is 10.0 Å². The van der Waals surface area contributed by atoms with Crippen molar-refractivity contribution in [3.8, 4) is 0 Å². The average molecular weight is 304 g/mol. The van der Waals surface area contributed by atoms with Crippen LogP contribution in [0.15, 0.2) is 23.1 Å². The topological polar surface area (TPSA) is 63.4 Å². The van der Waals surface area contributed by atoms with Crippen LogP contribution in [-0.2, 0) is 16.6 Å². The summed E-state index contributed by atoms with van der Waals surface area (Å²) in [4.78, 5) is 0.126. The van der Waals surface area contributed by atoms with Crippen molar-refractivity contribution < 1.29 is 12.8 Å². The lowest BCUT2D eigenvalue weighted by molar-refractivity contribution is 0.434. The summed E-state index contributed by atoms with van der Waals surface area (Å²) >= 11 is 1.75. The van der Waals surface area contributed by atoms with Crippen LogP contribution < -0.4 is 5.73 Å². The van der Waals surface area contributed by atoms with E-state index in [1.807, 2.05) is 0 Å². The van der Waals surface area contributed by atoms with Crippen LogP contribution in [0.25, 0.3) is 0 Å². The molecule has 1 aliphatic heterocycles. The molecule has 0 atom stereocenters. The molecule has 1 aromatic carbocycles. The minimum absolute atomic E-state index is 0.00888. The molecule has 7 heteroatoms. The van der Waals surface area contributed by atoms with Crippen LogP contribution in [0.3, 0.4) is 0 Å². The number of nitrogens with two attached hydrogens (primary N) is 1. The first-order valence-corrected chi connectivity index (χ1v) is 8.71. The normalized spacial score (nSPS) is 18.2. The fourth-order valence-electron chi connectivity index (χ4n) is 1.98. The first-order chi connectivity index (χ1) is 9.05. The molecule has 0 spiro atoms. The highest BCUT2D eigenvalue weighted by molar-refractivity contribution is 7.99. The summed E-state index contributed by atoms with van der Waals surface area (Å²) < 4.78 is 39.8. The Morgan fingerprint density at radius 3 is 2.84 bits per heavy atom. The van der Waals surface area contributed by atoms with Gasteiger partial charge in [-0.1, -0.05) is 0 Å². The van der Waals surface area contributed by atoms with Gasteiger partial charge in [-0.05, 0) is 30.4 Å². The molecule has 2 rings (SSSR count). The van der Waals surface area contributed by atoms with Gasteiger partial charge in [-0.25, -0.2) is 12.8 Å². The fourth-order valence-corrected chi connectivity index (χ4v) is 4.51. The van der Waals surface area contributed by atoms with Crippen molar-refractivity contribution in [3.05, 3.63) is 29.6 Å². The van der Waals surface area contributed by atoms with Gasteiger partial charge in [0.1, 0.15) is 5.82 Å². The van der Waals surface area contributed by atoms with Crippen LogP contribution in [0, 0.1) is 5.82 Å². The second-order valence-corrected chi connectivity index (χ2v) is 7.49. The van der Waals surface area contributed by atoms with Gasteiger partial charge in [-0.3, -0.25) is 0 Å². The van der Waals surface area contributed by atoms with Crippen molar-refractivity contribution in [1.82, 2.24) is 4.31 Å². The summed E-state index contributed by atoms with van der Waals surface area (Å²) in [6.07, 6.45) is 0.842. The molecule has 1 aliphatic rings. The number of thioether (sulfide) groups is 1. The smallest absolute Gasteiger partial charge is 0.243 e. The van der Waals surface area contributed by atoms with Crippen molar-refractivity contribution in [2.45, 2.75) is 17.9 Å². The van der Waals surface area contributed by atoms with Gasteiger partial charge in [0.05, 0.1) is 4.90 Å². The molecule has 106 valence electrons. The van der Waals surface area contributed by atoms with Gasteiger partial charge in [-0.15, -0.1) is 0 Å². The zero-order valence-corrected chi connectivity index (χ0v) is 12.1. The molecule has 1 heterocycles. The largest absolute Gasteiger partial charge is 0.326 e. The summed E-state index contributed by atoms with van der Waals surface area (Å²) in [7, 11) is -3.54. The molecular formula is C12H17FN2O2S2. The highest BCUT2D eigenvalue weighted by Gasteiger charge is 2.25. The zero-order valence-electron chi connectivity index (χ0n) is 10.5. The van der Waals surface area contributed by atoms with E-state index in [4.69, 9.17) is 5.73 Å². The number of nitrogens with zero attached hydrogens (tertiary/aromatic N) is 1. The van der Waals surface area contributed by atoms with E-state index in [1.165, 1.54) is 22.5 Å². The Bertz CT molecular complexity index is 541. The van der Waals surface area contributed by atoms with E-state index in [2.05, 4.69) is 0 Å². The van der Waals surface area contributed by atoms with Gasteiger partial charge >= 0.3 is 0 Å². The van der Waals surface area contributed by atoms with E-state index < -0.39 is 15.8 Å². The Labute approximate surface area is 117 Å². The summed E-state index contributed by atoms with van der Waals surface area (Å²) in [5, 5.41) is 0. The average Bonchev–Trinajstić information content (AvgIpc) is 2.68. The first kappa shape index (κ1) is 14.8.